The van der Waals surface area contributed by atoms with E-state index < -0.39 is 5.82 Å². The molecule has 0 aliphatic heterocycles. The molecular formula is C20H17FN4O3S. The molecule has 0 radical (unpaired) electrons. The highest BCUT2D eigenvalue weighted by atomic mass is 32.2. The van der Waals surface area contributed by atoms with E-state index in [2.05, 4.69) is 20.3 Å². The molecule has 0 saturated heterocycles. The number of carbonyl (C=O) groups is 1. The summed E-state index contributed by atoms with van der Waals surface area (Å²) in [6.45, 7) is 0. The first kappa shape index (κ1) is 19.0. The molecule has 4 rings (SSSR count). The van der Waals surface area contributed by atoms with Crippen molar-refractivity contribution in [2.24, 2.45) is 0 Å². The highest BCUT2D eigenvalue weighted by Crippen LogP contribution is 2.36. The number of aromatic amines is 1. The van der Waals surface area contributed by atoms with Gasteiger partial charge in [-0.1, -0.05) is 23.9 Å². The smallest absolute Gasteiger partial charge is 0.234 e. The molecule has 148 valence electrons. The number of thioether (sulfide) groups is 1. The van der Waals surface area contributed by atoms with Crippen molar-refractivity contribution in [3.63, 3.8) is 0 Å². The molecule has 0 spiro atoms. The SMILES string of the molecule is COc1cc2[nH]c3c(SCC(=O)Nc4ccccc4F)ncnc3c2cc1OC. The maximum Gasteiger partial charge on any atom is 0.234 e. The molecule has 0 saturated carbocycles. The number of rotatable bonds is 6. The zero-order valence-corrected chi connectivity index (χ0v) is 16.5. The van der Waals surface area contributed by atoms with Crippen molar-refractivity contribution >= 4 is 45.3 Å². The van der Waals surface area contributed by atoms with Crippen molar-refractivity contribution in [3.05, 3.63) is 48.5 Å². The molecule has 0 fully saturated rings. The van der Waals surface area contributed by atoms with Gasteiger partial charge in [0.1, 0.15) is 22.7 Å². The van der Waals surface area contributed by atoms with Crippen LogP contribution in [0.3, 0.4) is 0 Å². The molecule has 0 aliphatic carbocycles. The standard InChI is InChI=1S/C20H17FN4O3S/c1-27-15-7-11-14(8-16(15)28-2)25-19-18(11)22-10-23-20(19)29-9-17(26)24-13-6-4-3-5-12(13)21/h3-8,10,25H,9H2,1-2H3,(H,24,26). The second kappa shape index (κ2) is 7.96. The van der Waals surface area contributed by atoms with E-state index in [9.17, 15) is 9.18 Å². The Morgan fingerprint density at radius 2 is 1.93 bits per heavy atom. The summed E-state index contributed by atoms with van der Waals surface area (Å²) >= 11 is 1.24. The van der Waals surface area contributed by atoms with Gasteiger partial charge in [0.25, 0.3) is 0 Å². The summed E-state index contributed by atoms with van der Waals surface area (Å²) < 4.78 is 24.4. The number of nitrogens with zero attached hydrogens (tertiary/aromatic N) is 2. The van der Waals surface area contributed by atoms with Crippen LogP contribution in [0.2, 0.25) is 0 Å². The second-order valence-corrected chi connectivity index (χ2v) is 7.06. The van der Waals surface area contributed by atoms with Gasteiger partial charge in [0.05, 0.1) is 36.7 Å². The Morgan fingerprint density at radius 3 is 2.69 bits per heavy atom. The number of anilines is 1. The Bertz CT molecular complexity index is 1210. The van der Waals surface area contributed by atoms with Gasteiger partial charge in [-0.15, -0.1) is 0 Å². The van der Waals surface area contributed by atoms with Crippen molar-refractivity contribution in [2.45, 2.75) is 5.03 Å². The minimum atomic E-state index is -0.478. The van der Waals surface area contributed by atoms with Gasteiger partial charge in [0.2, 0.25) is 5.91 Å². The van der Waals surface area contributed by atoms with Gasteiger partial charge >= 0.3 is 0 Å². The summed E-state index contributed by atoms with van der Waals surface area (Å²) in [6.07, 6.45) is 1.45. The number of H-pyrrole nitrogens is 1. The maximum atomic E-state index is 13.7. The summed E-state index contributed by atoms with van der Waals surface area (Å²) in [6, 6.07) is 9.71. The van der Waals surface area contributed by atoms with Crippen molar-refractivity contribution in [3.8, 4) is 11.5 Å². The first-order chi connectivity index (χ1) is 14.1. The predicted molar refractivity (Wildman–Crippen MR) is 110 cm³/mol. The Morgan fingerprint density at radius 1 is 1.17 bits per heavy atom. The lowest BCUT2D eigenvalue weighted by atomic mass is 10.2. The normalized spacial score (nSPS) is 11.0. The second-order valence-electron chi connectivity index (χ2n) is 6.10. The number of amides is 1. The van der Waals surface area contributed by atoms with Crippen molar-refractivity contribution < 1.29 is 18.7 Å². The van der Waals surface area contributed by atoms with Crippen LogP contribution in [0.5, 0.6) is 11.5 Å². The van der Waals surface area contributed by atoms with Gasteiger partial charge in [-0.25, -0.2) is 14.4 Å². The molecule has 7 nitrogen and oxygen atoms in total. The summed E-state index contributed by atoms with van der Waals surface area (Å²) in [5.74, 6) is 0.457. The average molecular weight is 412 g/mol. The molecule has 1 amide bonds. The van der Waals surface area contributed by atoms with Crippen LogP contribution in [0.4, 0.5) is 10.1 Å². The average Bonchev–Trinajstić information content (AvgIpc) is 3.11. The van der Waals surface area contributed by atoms with Crippen LogP contribution in [0.25, 0.3) is 21.9 Å². The van der Waals surface area contributed by atoms with E-state index in [0.29, 0.717) is 27.6 Å². The topological polar surface area (TPSA) is 89.1 Å². The number of benzene rings is 2. The highest BCUT2D eigenvalue weighted by Gasteiger charge is 2.16. The van der Waals surface area contributed by atoms with Gasteiger partial charge in [0.15, 0.2) is 11.5 Å². The molecular weight excluding hydrogens is 395 g/mol. The molecule has 0 aliphatic rings. The third kappa shape index (κ3) is 3.68. The fraction of sp³-hybridized carbons (Fsp3) is 0.150. The number of carbonyl (C=O) groups excluding carboxylic acids is 1. The van der Waals surface area contributed by atoms with E-state index >= 15 is 0 Å². The molecule has 2 N–H and O–H groups in total. The summed E-state index contributed by atoms with van der Waals surface area (Å²) in [5.41, 5.74) is 2.39. The Hall–Kier alpha value is -3.33. The summed E-state index contributed by atoms with van der Waals surface area (Å²) in [7, 11) is 3.14. The molecule has 0 atom stereocenters. The number of para-hydroxylation sites is 1. The number of fused-ring (bicyclic) bond motifs is 3. The Kier molecular flexibility index (Phi) is 5.22. The van der Waals surface area contributed by atoms with Gasteiger partial charge in [0, 0.05) is 11.5 Å². The fourth-order valence-electron chi connectivity index (χ4n) is 2.99. The van der Waals surface area contributed by atoms with E-state index in [4.69, 9.17) is 9.47 Å². The summed E-state index contributed by atoms with van der Waals surface area (Å²) in [4.78, 5) is 24.2. The van der Waals surface area contributed by atoms with Crippen LogP contribution in [-0.2, 0) is 4.79 Å². The monoisotopic (exact) mass is 412 g/mol. The van der Waals surface area contributed by atoms with Crippen LogP contribution in [0.1, 0.15) is 0 Å². The van der Waals surface area contributed by atoms with Gasteiger partial charge < -0.3 is 19.8 Å². The minimum absolute atomic E-state index is 0.0719. The van der Waals surface area contributed by atoms with E-state index in [0.717, 1.165) is 10.9 Å². The number of halogens is 1. The quantitative estimate of drug-likeness (QED) is 0.368. The van der Waals surface area contributed by atoms with Crippen LogP contribution >= 0.6 is 11.8 Å². The molecule has 2 aromatic heterocycles. The van der Waals surface area contributed by atoms with E-state index in [1.165, 1.54) is 30.2 Å². The lowest BCUT2D eigenvalue weighted by Crippen LogP contribution is -2.15. The van der Waals surface area contributed by atoms with Gasteiger partial charge in [-0.05, 0) is 18.2 Å². The van der Waals surface area contributed by atoms with E-state index in [1.807, 2.05) is 12.1 Å². The number of hydrogen-bond donors (Lipinski definition) is 2. The molecule has 0 bridgehead atoms. The van der Waals surface area contributed by atoms with Crippen LogP contribution in [0.15, 0.2) is 47.8 Å². The number of methoxy groups -OCH3 is 2. The van der Waals surface area contributed by atoms with Crippen LogP contribution in [-0.4, -0.2) is 40.8 Å². The number of hydrogen-bond acceptors (Lipinski definition) is 6. The van der Waals surface area contributed by atoms with Crippen molar-refractivity contribution in [1.82, 2.24) is 15.0 Å². The zero-order chi connectivity index (χ0) is 20.4. The van der Waals surface area contributed by atoms with Gasteiger partial charge in [-0.2, -0.15) is 0 Å². The molecule has 9 heteroatoms. The first-order valence-electron chi connectivity index (χ1n) is 8.66. The van der Waals surface area contributed by atoms with E-state index in [-0.39, 0.29) is 17.3 Å². The predicted octanol–water partition coefficient (Wildman–Crippen LogP) is 4.00. The Labute approximate surface area is 169 Å². The molecule has 2 heterocycles. The van der Waals surface area contributed by atoms with Crippen LogP contribution in [0, 0.1) is 5.82 Å². The van der Waals surface area contributed by atoms with Gasteiger partial charge in [-0.3, -0.25) is 4.79 Å². The molecule has 0 unspecified atom stereocenters. The third-order valence-corrected chi connectivity index (χ3v) is 5.33. The third-order valence-electron chi connectivity index (χ3n) is 4.34. The first-order valence-corrected chi connectivity index (χ1v) is 9.65. The minimum Gasteiger partial charge on any atom is -0.493 e. The van der Waals surface area contributed by atoms with Crippen LogP contribution < -0.4 is 14.8 Å². The number of nitrogens with one attached hydrogen (secondary N) is 2. The Balaban J connectivity index is 1.61. The molecule has 4 aromatic rings. The largest absolute Gasteiger partial charge is 0.493 e. The fourth-order valence-corrected chi connectivity index (χ4v) is 3.75. The number of aromatic nitrogens is 3. The lowest BCUT2D eigenvalue weighted by molar-refractivity contribution is -0.113. The number of ether oxygens (including phenoxy) is 2. The lowest BCUT2D eigenvalue weighted by Gasteiger charge is -2.06. The highest BCUT2D eigenvalue weighted by molar-refractivity contribution is 8.00. The summed E-state index contributed by atoms with van der Waals surface area (Å²) in [5, 5.41) is 4.04. The molecule has 29 heavy (non-hydrogen) atoms. The van der Waals surface area contributed by atoms with E-state index in [1.54, 1.807) is 26.4 Å². The van der Waals surface area contributed by atoms with Crippen molar-refractivity contribution in [1.29, 1.82) is 0 Å². The molecule has 2 aromatic carbocycles. The zero-order valence-electron chi connectivity index (χ0n) is 15.7. The van der Waals surface area contributed by atoms with Crippen molar-refractivity contribution in [2.75, 3.05) is 25.3 Å². The maximum absolute atomic E-state index is 13.7.